The van der Waals surface area contributed by atoms with Gasteiger partial charge in [-0.05, 0) is 0 Å². The van der Waals surface area contributed by atoms with Crippen LogP contribution in [-0.4, -0.2) is 11.1 Å². The molecule has 48 valence electrons. The van der Waals surface area contributed by atoms with Crippen molar-refractivity contribution >= 4 is 5.97 Å². The number of rotatable bonds is 0. The third kappa shape index (κ3) is 93.5. The van der Waals surface area contributed by atoms with Gasteiger partial charge in [-0.15, -0.1) is 0 Å². The third-order valence-corrected chi connectivity index (χ3v) is 0. The molecule has 16 heavy (non-hydrogen) atoms. The first kappa shape index (κ1) is 83.6. The molecule has 0 heterocycles. The van der Waals surface area contributed by atoms with E-state index in [1.807, 2.05) is 0 Å². The first-order valence-corrected chi connectivity index (χ1v) is 0.928. The fourth-order valence-electron chi connectivity index (χ4n) is 0. The summed E-state index contributed by atoms with van der Waals surface area (Å²) >= 11 is 0. The van der Waals surface area contributed by atoms with Crippen LogP contribution in [0.1, 0.15) is 24.0 Å². The summed E-state index contributed by atoms with van der Waals surface area (Å²) in [4.78, 5) is 9.00. The fourth-order valence-corrected chi connectivity index (χ4v) is 0. The molecule has 0 aliphatic rings. The summed E-state index contributed by atoms with van der Waals surface area (Å²) in [6, 6.07) is 0. The van der Waals surface area contributed by atoms with Crippen molar-refractivity contribution in [1.29, 1.82) is 0 Å². The molecule has 0 aromatic rings. The number of aliphatic carboxylic acids is 1. The summed E-state index contributed by atoms with van der Waals surface area (Å²) in [5, 5.41) is 7.42. The Morgan fingerprint density at radius 1 is 0.625 bits per heavy atom. The second kappa shape index (κ2) is 76.5. The maximum absolute atomic E-state index is 9.00. The van der Waals surface area contributed by atoms with E-state index in [9.17, 15) is 0 Å². The minimum absolute atomic E-state index is 0. The molecule has 0 aromatic heterocycles. The van der Waals surface area contributed by atoms with Crippen molar-refractivity contribution in [3.63, 3.8) is 0 Å². The van der Waals surface area contributed by atoms with Crippen LogP contribution in [0.5, 0.6) is 0 Å². The number of carboxylic acid groups (broad SMARTS) is 1. The molecule has 0 radical (unpaired) electrons. The Hall–Kier alpha value is 19.1. The number of carboxylic acids is 1. The van der Waals surface area contributed by atoms with Crippen molar-refractivity contribution < 1.29 is 644 Å². The molecular weight excluding hydrogens is 525 g/mol. The van der Waals surface area contributed by atoms with Gasteiger partial charge < -0.3 is 22.2 Å². The second-order valence-electron chi connectivity index (χ2n) is 0.519. The summed E-state index contributed by atoms with van der Waals surface area (Å²) in [6.45, 7) is 1.08. The Balaban J connectivity index is -0.000000000163. The predicted molar refractivity (Wildman–Crippen MR) is 26.7 cm³/mol. The summed E-state index contributed by atoms with van der Waals surface area (Å²) in [7, 11) is 0. The van der Waals surface area contributed by atoms with E-state index < -0.39 is 5.97 Å². The monoisotopic (exact) mass is 540 g/mol. The second-order valence-corrected chi connectivity index (χ2v) is 0.519. The molecule has 0 saturated heterocycles. The van der Waals surface area contributed by atoms with Gasteiger partial charge in [-0.25, -0.2) is 0 Å². The molecule has 2 nitrogen and oxygen atoms in total. The van der Waals surface area contributed by atoms with Gasteiger partial charge in [-0.3, -0.25) is 4.79 Å². The van der Waals surface area contributed by atoms with E-state index in [4.69, 9.17) is 9.90 Å². The molecule has 0 aliphatic heterocycles. The van der Waals surface area contributed by atoms with E-state index in [-0.39, 0.29) is 634 Å². The van der Waals surface area contributed by atoms with Gasteiger partial charge >= 0.3 is 617 Å². The van der Waals surface area contributed by atoms with Crippen LogP contribution >= 0.6 is 0 Å². The van der Waals surface area contributed by atoms with Gasteiger partial charge in [0.15, 0.2) is 0 Å². The molecule has 0 rings (SSSR count). The summed E-state index contributed by atoms with van der Waals surface area (Å²) in [5.74, 6) is -0.833. The van der Waals surface area contributed by atoms with E-state index >= 15 is 0 Å². The van der Waals surface area contributed by atoms with Crippen LogP contribution in [0.15, 0.2) is 0 Å². The Morgan fingerprint density at radius 3 is 0.625 bits per heavy atom. The molecule has 0 unspecified atom stereocenters. The summed E-state index contributed by atoms with van der Waals surface area (Å²) in [6.07, 6.45) is 0. The quantitative estimate of drug-likeness (QED) is 0.310. The molecule has 0 saturated carbocycles. The van der Waals surface area contributed by atoms with Gasteiger partial charge in [-0.1, -0.05) is 0 Å². The Bertz CT molecular complexity index is 67.6. The van der Waals surface area contributed by atoms with E-state index in [1.165, 1.54) is 0 Å². The number of hydrogen-bond donors (Lipinski definition) is 1. The van der Waals surface area contributed by atoms with Crippen LogP contribution in [0.2, 0.25) is 0 Å². The van der Waals surface area contributed by atoms with Gasteiger partial charge in [0.05, 0.1) is 0 Å². The molecule has 0 aromatic carbocycles. The van der Waals surface area contributed by atoms with Gasteiger partial charge in [0, 0.05) is 6.92 Å². The van der Waals surface area contributed by atoms with Crippen molar-refractivity contribution in [3.8, 4) is 0 Å². The standard InChI is InChI=1S/C2H4O2.12K.12H/c1-2(3)4;;;;;;;;;;;;;;;;;;;;;;;;/h1H3,(H,3,4);;;;;;;;;;;;;;;;;;;;;;;;/q;12*+1;12*-1. The van der Waals surface area contributed by atoms with E-state index in [1.54, 1.807) is 0 Å². The number of hydrogen-bond acceptors (Lipinski definition) is 1. The van der Waals surface area contributed by atoms with Crippen LogP contribution in [0, 0.1) is 0 Å². The zero-order valence-corrected chi connectivity index (χ0v) is 51.8. The SMILES string of the molecule is CC(=O)O.[H-].[H-].[H-].[H-].[H-].[H-].[H-].[H-].[H-].[H-].[H-].[H-].[K+].[K+].[K+].[K+].[K+].[K+].[K+].[K+].[K+].[K+].[K+].[K+]. The summed E-state index contributed by atoms with van der Waals surface area (Å²) in [5.41, 5.74) is 0. The average molecular weight is 541 g/mol. The van der Waals surface area contributed by atoms with Crippen LogP contribution in [0.3, 0.4) is 0 Å². The van der Waals surface area contributed by atoms with Gasteiger partial charge in [0.2, 0.25) is 0 Å². The fraction of sp³-hybridized carbons (Fsp3) is 0.500. The smallest absolute Gasteiger partial charge is 1.00 e. The Kier molecular flexibility index (Phi) is 400. The van der Waals surface area contributed by atoms with Gasteiger partial charge in [0.1, 0.15) is 0 Å². The average Bonchev–Trinajstić information content (AvgIpc) is 0.811. The topological polar surface area (TPSA) is 37.3 Å². The Morgan fingerprint density at radius 2 is 0.625 bits per heavy atom. The largest absolute Gasteiger partial charge is 1.00 e. The number of carbonyl (C=O) groups is 1. The van der Waals surface area contributed by atoms with Crippen molar-refractivity contribution in [2.24, 2.45) is 0 Å². The first-order chi connectivity index (χ1) is 1.73. The molecular formula is C2H16K12O2. The molecule has 0 amide bonds. The van der Waals surface area contributed by atoms with Gasteiger partial charge in [-0.2, -0.15) is 0 Å². The first-order valence-electron chi connectivity index (χ1n) is 0.928. The molecule has 0 spiro atoms. The molecule has 0 atom stereocenters. The van der Waals surface area contributed by atoms with E-state index in [0.29, 0.717) is 0 Å². The molecule has 1 N–H and O–H groups in total. The van der Waals surface area contributed by atoms with Crippen molar-refractivity contribution in [1.82, 2.24) is 0 Å². The third-order valence-electron chi connectivity index (χ3n) is 0. The zero-order chi connectivity index (χ0) is 3.58. The minimum atomic E-state index is -0.833. The zero-order valence-electron chi connectivity index (χ0n) is 26.4. The maximum Gasteiger partial charge on any atom is 1.00 e. The molecule has 0 aliphatic carbocycles. The van der Waals surface area contributed by atoms with Gasteiger partial charge in [0.25, 0.3) is 5.97 Å². The van der Waals surface area contributed by atoms with Crippen LogP contribution in [-0.2, 0) is 4.79 Å². The van der Waals surface area contributed by atoms with E-state index in [2.05, 4.69) is 0 Å². The molecule has 0 fully saturated rings. The minimum Gasteiger partial charge on any atom is -1.00 e. The van der Waals surface area contributed by atoms with Crippen molar-refractivity contribution in [3.05, 3.63) is 0 Å². The van der Waals surface area contributed by atoms with Crippen LogP contribution in [0.4, 0.5) is 0 Å². The normalized spacial score (nSPS) is 1.56. The van der Waals surface area contributed by atoms with Crippen molar-refractivity contribution in [2.45, 2.75) is 6.92 Å². The van der Waals surface area contributed by atoms with E-state index in [0.717, 1.165) is 6.92 Å². The predicted octanol–water partition coefficient (Wildman–Crippen LogP) is -34.5. The molecule has 14 heteroatoms. The molecule has 0 bridgehead atoms. The van der Waals surface area contributed by atoms with Crippen molar-refractivity contribution in [2.75, 3.05) is 0 Å². The maximum atomic E-state index is 9.00. The Labute approximate surface area is 629 Å². The summed E-state index contributed by atoms with van der Waals surface area (Å²) < 4.78 is 0. The van der Waals surface area contributed by atoms with Crippen LogP contribution < -0.4 is 617 Å². The van der Waals surface area contributed by atoms with Crippen LogP contribution in [0.25, 0.3) is 0 Å².